The maximum absolute atomic E-state index is 14.7. The summed E-state index contributed by atoms with van der Waals surface area (Å²) in [7, 11) is -4.35. The average Bonchev–Trinajstić information content (AvgIpc) is 2.85. The number of hydrogen-bond donors (Lipinski definition) is 1. The van der Waals surface area contributed by atoms with Crippen LogP contribution in [-0.4, -0.2) is 72.9 Å². The molecule has 1 aliphatic rings. The predicted molar refractivity (Wildman–Crippen MR) is 133 cm³/mol. The Balaban J connectivity index is 1.69. The number of carbonyl (C=O) groups is 2. The van der Waals surface area contributed by atoms with Gasteiger partial charge in [-0.25, -0.2) is 12.8 Å². The van der Waals surface area contributed by atoms with E-state index in [0.717, 1.165) is 9.87 Å². The van der Waals surface area contributed by atoms with Crippen LogP contribution in [0, 0.1) is 5.82 Å². The van der Waals surface area contributed by atoms with Crippen LogP contribution in [0.25, 0.3) is 0 Å². The number of rotatable bonds is 9. The van der Waals surface area contributed by atoms with Crippen molar-refractivity contribution in [2.45, 2.75) is 25.8 Å². The third kappa shape index (κ3) is 6.78. The zero-order valence-corrected chi connectivity index (χ0v) is 21.1. The minimum atomic E-state index is -4.35. The Kier molecular flexibility index (Phi) is 9.23. The van der Waals surface area contributed by atoms with Gasteiger partial charge in [-0.05, 0) is 30.2 Å². The molecule has 1 unspecified atom stereocenters. The van der Waals surface area contributed by atoms with Gasteiger partial charge in [0.15, 0.2) is 0 Å². The number of sulfonamides is 1. The van der Waals surface area contributed by atoms with Gasteiger partial charge in [0.2, 0.25) is 5.91 Å². The van der Waals surface area contributed by atoms with Crippen LogP contribution in [0.1, 0.15) is 30.5 Å². The Morgan fingerprint density at radius 2 is 1.71 bits per heavy atom. The van der Waals surface area contributed by atoms with Crippen molar-refractivity contribution in [3.63, 3.8) is 0 Å². The Morgan fingerprint density at radius 1 is 1.09 bits per heavy atom. The van der Waals surface area contributed by atoms with E-state index in [2.05, 4.69) is 0 Å². The molecule has 8 nitrogen and oxygen atoms in total. The smallest absolute Gasteiger partial charge is 0.349 e. The Bertz CT molecular complexity index is 1140. The normalized spacial score (nSPS) is 15.8. The zero-order valence-electron chi connectivity index (χ0n) is 19.6. The molecule has 0 bridgehead atoms. The van der Waals surface area contributed by atoms with Crippen LogP contribution in [0.3, 0.4) is 0 Å². The molecule has 1 saturated heterocycles. The van der Waals surface area contributed by atoms with Gasteiger partial charge in [-0.15, -0.1) is 0 Å². The van der Waals surface area contributed by atoms with Crippen LogP contribution >= 0.6 is 11.6 Å². The van der Waals surface area contributed by atoms with E-state index in [1.807, 2.05) is 17.0 Å². The number of amides is 2. The number of piperazine rings is 1. The summed E-state index contributed by atoms with van der Waals surface area (Å²) < 4.78 is 40.6. The van der Waals surface area contributed by atoms with Crippen LogP contribution in [0.15, 0.2) is 48.5 Å². The lowest BCUT2D eigenvalue weighted by Crippen LogP contribution is -2.52. The fraction of sp³-hybridized carbons (Fsp3) is 0.417. The molecule has 0 spiro atoms. The van der Waals surface area contributed by atoms with E-state index in [9.17, 15) is 22.4 Å². The lowest BCUT2D eigenvalue weighted by Gasteiger charge is -2.40. The highest BCUT2D eigenvalue weighted by Crippen LogP contribution is 2.27. The van der Waals surface area contributed by atoms with Crippen LogP contribution in [-0.2, 0) is 21.2 Å². The molecular weight excluding hydrogens is 495 g/mol. The summed E-state index contributed by atoms with van der Waals surface area (Å²) in [6.45, 7) is 3.20. The van der Waals surface area contributed by atoms with Crippen molar-refractivity contribution in [3.8, 4) is 0 Å². The third-order valence-corrected chi connectivity index (χ3v) is 8.08. The molecule has 0 radical (unpaired) electrons. The lowest BCUT2D eigenvalue weighted by molar-refractivity contribution is -0.133. The number of halogens is 2. The van der Waals surface area contributed by atoms with E-state index in [-0.39, 0.29) is 19.0 Å². The van der Waals surface area contributed by atoms with Crippen molar-refractivity contribution in [2.75, 3.05) is 39.3 Å². The monoisotopic (exact) mass is 524 g/mol. The highest BCUT2D eigenvalue weighted by molar-refractivity contribution is 8.03. The van der Waals surface area contributed by atoms with Crippen molar-refractivity contribution >= 4 is 32.8 Å². The Hall–Kier alpha value is -2.53. The maximum atomic E-state index is 14.7. The first kappa shape index (κ1) is 27.1. The third-order valence-electron chi connectivity index (χ3n) is 6.24. The molecule has 1 aliphatic heterocycles. The molecule has 2 aromatic carbocycles. The van der Waals surface area contributed by atoms with E-state index in [1.54, 1.807) is 42.2 Å². The second-order valence-electron chi connectivity index (χ2n) is 8.36. The van der Waals surface area contributed by atoms with Crippen LogP contribution in [0.4, 0.5) is 9.18 Å². The van der Waals surface area contributed by atoms with E-state index >= 15 is 0 Å². The zero-order chi connectivity index (χ0) is 25.6. The SMILES string of the molecule is CCN(CC(c1ccccc1F)N1CCN(C(=O)CCc2ccc(Cl)cc2)CC1)S(=O)(=O)C(N)=O. The summed E-state index contributed by atoms with van der Waals surface area (Å²) >= 11 is 5.91. The molecule has 0 aromatic heterocycles. The largest absolute Gasteiger partial charge is 0.355 e. The van der Waals surface area contributed by atoms with Crippen molar-refractivity contribution < 1.29 is 22.4 Å². The summed E-state index contributed by atoms with van der Waals surface area (Å²) in [6, 6.07) is 12.9. The van der Waals surface area contributed by atoms with Gasteiger partial charge in [0, 0.05) is 56.3 Å². The number of primary amides is 1. The van der Waals surface area contributed by atoms with Gasteiger partial charge in [-0.2, -0.15) is 4.31 Å². The summed E-state index contributed by atoms with van der Waals surface area (Å²) in [5, 5.41) is -0.798. The van der Waals surface area contributed by atoms with Crippen molar-refractivity contribution in [1.82, 2.24) is 14.1 Å². The first-order valence-corrected chi connectivity index (χ1v) is 13.3. The molecule has 0 saturated carbocycles. The molecule has 2 amide bonds. The average molecular weight is 525 g/mol. The standard InChI is InChI=1S/C24H30ClFN4O4S/c1-2-30(35(33,34)24(27)32)17-22(20-5-3-4-6-21(20)26)28-13-15-29(16-14-28)23(31)12-9-18-7-10-19(25)11-8-18/h3-8,10-11,22H,2,9,12-17H2,1H3,(H2,27,32). The summed E-state index contributed by atoms with van der Waals surface area (Å²) in [5.41, 5.74) is 6.44. The minimum Gasteiger partial charge on any atom is -0.355 e. The van der Waals surface area contributed by atoms with E-state index < -0.39 is 27.1 Å². The lowest BCUT2D eigenvalue weighted by atomic mass is 10.0. The Labute approximate surface area is 210 Å². The molecule has 2 N–H and O–H groups in total. The van der Waals surface area contributed by atoms with Gasteiger partial charge >= 0.3 is 5.24 Å². The molecule has 1 heterocycles. The van der Waals surface area contributed by atoms with Gasteiger partial charge in [-0.3, -0.25) is 14.5 Å². The topological polar surface area (TPSA) is 104 Å². The van der Waals surface area contributed by atoms with Gasteiger partial charge in [0.05, 0.1) is 6.04 Å². The number of aryl methyl sites for hydroxylation is 1. The van der Waals surface area contributed by atoms with E-state index in [0.29, 0.717) is 49.6 Å². The van der Waals surface area contributed by atoms with Gasteiger partial charge in [0.25, 0.3) is 10.0 Å². The van der Waals surface area contributed by atoms with Crippen LogP contribution in [0.5, 0.6) is 0 Å². The van der Waals surface area contributed by atoms with Gasteiger partial charge < -0.3 is 10.6 Å². The van der Waals surface area contributed by atoms with Gasteiger partial charge in [0.1, 0.15) is 5.82 Å². The number of likely N-dealkylation sites (N-methyl/N-ethyl adjacent to an activating group) is 1. The molecule has 1 fully saturated rings. The summed E-state index contributed by atoms with van der Waals surface area (Å²) in [6.07, 6.45) is 0.962. The molecule has 190 valence electrons. The number of carbonyl (C=O) groups excluding carboxylic acids is 2. The predicted octanol–water partition coefficient (Wildman–Crippen LogP) is 3.03. The molecule has 2 aromatic rings. The molecule has 1 atom stereocenters. The van der Waals surface area contributed by atoms with Crippen molar-refractivity contribution in [2.24, 2.45) is 5.73 Å². The molecule has 0 aliphatic carbocycles. The number of nitrogens with two attached hydrogens (primary N) is 1. The fourth-order valence-electron chi connectivity index (χ4n) is 4.22. The number of nitrogens with zero attached hydrogens (tertiary/aromatic N) is 3. The van der Waals surface area contributed by atoms with Crippen LogP contribution < -0.4 is 5.73 Å². The molecule has 35 heavy (non-hydrogen) atoms. The van der Waals surface area contributed by atoms with Crippen molar-refractivity contribution in [1.29, 1.82) is 0 Å². The number of hydrogen-bond acceptors (Lipinski definition) is 5. The molecule has 3 rings (SSSR count). The van der Waals surface area contributed by atoms with Crippen LogP contribution in [0.2, 0.25) is 5.02 Å². The minimum absolute atomic E-state index is 0.0133. The maximum Gasteiger partial charge on any atom is 0.349 e. The second kappa shape index (κ2) is 11.9. The van der Waals surface area contributed by atoms with Crippen molar-refractivity contribution in [3.05, 3.63) is 70.5 Å². The molecule has 11 heteroatoms. The first-order valence-electron chi connectivity index (χ1n) is 11.4. The number of benzene rings is 2. The highest BCUT2D eigenvalue weighted by Gasteiger charge is 2.34. The fourth-order valence-corrected chi connectivity index (χ4v) is 5.27. The second-order valence-corrected chi connectivity index (χ2v) is 10.7. The van der Waals surface area contributed by atoms with Gasteiger partial charge in [-0.1, -0.05) is 48.9 Å². The highest BCUT2D eigenvalue weighted by atomic mass is 35.5. The summed E-state index contributed by atoms with van der Waals surface area (Å²) in [5.74, 6) is -0.444. The summed E-state index contributed by atoms with van der Waals surface area (Å²) in [4.78, 5) is 28.0. The first-order chi connectivity index (χ1) is 16.6. The van der Waals surface area contributed by atoms with E-state index in [4.69, 9.17) is 17.3 Å². The quantitative estimate of drug-likeness (QED) is 0.543. The molecular formula is C24H30ClFN4O4S. The van der Waals surface area contributed by atoms with E-state index in [1.165, 1.54) is 6.07 Å². The Morgan fingerprint density at radius 3 is 2.29 bits per heavy atom.